The highest BCUT2D eigenvalue weighted by Crippen LogP contribution is 2.37. The van der Waals surface area contributed by atoms with Crippen LogP contribution in [0.4, 0.5) is 0 Å². The number of carbonyl (C=O) groups is 3. The molecule has 0 radical (unpaired) electrons. The van der Waals surface area contributed by atoms with E-state index < -0.39 is 35.7 Å². The highest BCUT2D eigenvalue weighted by Gasteiger charge is 2.39. The Morgan fingerprint density at radius 2 is 2.00 bits per heavy atom. The Balaban J connectivity index is 2.63. The summed E-state index contributed by atoms with van der Waals surface area (Å²) in [6, 6.07) is 0. The van der Waals surface area contributed by atoms with E-state index in [9.17, 15) is 19.5 Å². The first-order valence-corrected chi connectivity index (χ1v) is 9.54. The quantitative estimate of drug-likeness (QED) is 0.312. The summed E-state index contributed by atoms with van der Waals surface area (Å²) in [5, 5.41) is 10.9. The van der Waals surface area contributed by atoms with Crippen molar-refractivity contribution in [2.24, 2.45) is 0 Å². The summed E-state index contributed by atoms with van der Waals surface area (Å²) in [7, 11) is 1.43. The average molecular weight is 420 g/mol. The Bertz CT molecular complexity index is 843. The largest absolute Gasteiger partial charge is 0.458 e. The highest BCUT2D eigenvalue weighted by molar-refractivity contribution is 5.95. The second kappa shape index (κ2) is 9.40. The van der Waals surface area contributed by atoms with Gasteiger partial charge in [0.15, 0.2) is 0 Å². The monoisotopic (exact) mass is 420 g/mol. The van der Waals surface area contributed by atoms with Crippen LogP contribution in [0.3, 0.4) is 0 Å². The number of hydrogen-bond donors (Lipinski definition) is 1. The second-order valence-electron chi connectivity index (χ2n) is 7.82. The average Bonchev–Trinajstić information content (AvgIpc) is 2.87. The maximum Gasteiger partial charge on any atom is 0.342 e. The summed E-state index contributed by atoms with van der Waals surface area (Å²) in [4.78, 5) is 36.2. The molecule has 1 N–H and O–H groups in total. The van der Waals surface area contributed by atoms with E-state index in [0.717, 1.165) is 5.57 Å². The number of rotatable bonds is 5. The van der Waals surface area contributed by atoms with E-state index in [4.69, 9.17) is 18.9 Å². The lowest BCUT2D eigenvalue weighted by Gasteiger charge is -2.28. The maximum atomic E-state index is 12.5. The SMILES string of the molecule is C=C(C)C(=O)O[C@H]1C/C(C)=C/[C@H](OC(C)=O)C[C@@](C)(O)/C=C2/OC(=O)C(COC)=C21. The lowest BCUT2D eigenvalue weighted by molar-refractivity contribution is -0.145. The Kier molecular flexibility index (Phi) is 7.39. The van der Waals surface area contributed by atoms with Gasteiger partial charge in [0, 0.05) is 38.0 Å². The molecule has 0 bridgehead atoms. The minimum Gasteiger partial charge on any atom is -0.458 e. The number of ether oxygens (including phenoxy) is 4. The lowest BCUT2D eigenvalue weighted by Crippen LogP contribution is -2.32. The number of hydrogen-bond acceptors (Lipinski definition) is 8. The van der Waals surface area contributed by atoms with Crippen LogP contribution in [0.1, 0.15) is 40.5 Å². The van der Waals surface area contributed by atoms with Gasteiger partial charge < -0.3 is 24.1 Å². The van der Waals surface area contributed by atoms with Gasteiger partial charge in [-0.1, -0.05) is 12.2 Å². The minimum atomic E-state index is -1.49. The number of aliphatic hydroxyl groups is 1. The molecule has 3 atom stereocenters. The summed E-state index contributed by atoms with van der Waals surface area (Å²) in [6.45, 7) is 9.64. The number of fused-ring (bicyclic) bond motifs is 1. The molecular weight excluding hydrogens is 392 g/mol. The molecule has 8 nitrogen and oxygen atoms in total. The lowest BCUT2D eigenvalue weighted by atomic mass is 9.89. The van der Waals surface area contributed by atoms with E-state index in [0.29, 0.717) is 5.57 Å². The third kappa shape index (κ3) is 5.90. The van der Waals surface area contributed by atoms with Gasteiger partial charge in [0.2, 0.25) is 0 Å². The van der Waals surface area contributed by atoms with Crippen LogP contribution in [0.25, 0.3) is 0 Å². The van der Waals surface area contributed by atoms with Crippen molar-refractivity contribution in [1.82, 2.24) is 0 Å². The maximum absolute atomic E-state index is 12.5. The summed E-state index contributed by atoms with van der Waals surface area (Å²) in [5.74, 6) is -1.67. The molecular formula is C22H28O8. The van der Waals surface area contributed by atoms with Crippen molar-refractivity contribution in [3.8, 4) is 0 Å². The van der Waals surface area contributed by atoms with Crippen LogP contribution in [0.5, 0.6) is 0 Å². The number of carbonyl (C=O) groups excluding carboxylic acids is 3. The summed E-state index contributed by atoms with van der Waals surface area (Å²) < 4.78 is 21.5. The fraction of sp³-hybridized carbons (Fsp3) is 0.500. The van der Waals surface area contributed by atoms with Crippen LogP contribution in [0.2, 0.25) is 0 Å². The van der Waals surface area contributed by atoms with Gasteiger partial charge in [-0.05, 0) is 32.9 Å². The zero-order valence-electron chi connectivity index (χ0n) is 17.9. The molecule has 30 heavy (non-hydrogen) atoms. The van der Waals surface area contributed by atoms with Gasteiger partial charge in [-0.15, -0.1) is 0 Å². The normalized spacial score (nSPS) is 30.3. The van der Waals surface area contributed by atoms with Crippen molar-refractivity contribution < 1.29 is 38.4 Å². The van der Waals surface area contributed by atoms with Crippen molar-refractivity contribution in [1.29, 1.82) is 0 Å². The highest BCUT2D eigenvalue weighted by atomic mass is 16.6. The molecule has 164 valence electrons. The predicted octanol–water partition coefficient (Wildman–Crippen LogP) is 2.28. The smallest absolute Gasteiger partial charge is 0.342 e. The van der Waals surface area contributed by atoms with Crippen LogP contribution in [-0.2, 0) is 33.3 Å². The minimum absolute atomic E-state index is 0.0480. The zero-order chi connectivity index (χ0) is 22.6. The van der Waals surface area contributed by atoms with Gasteiger partial charge in [0.05, 0.1) is 17.8 Å². The molecule has 0 aromatic heterocycles. The van der Waals surface area contributed by atoms with Crippen molar-refractivity contribution in [2.45, 2.75) is 58.3 Å². The van der Waals surface area contributed by atoms with E-state index in [2.05, 4.69) is 6.58 Å². The Hall–Kier alpha value is -2.71. The third-order valence-electron chi connectivity index (χ3n) is 4.60. The number of esters is 3. The molecule has 0 fully saturated rings. The summed E-state index contributed by atoms with van der Waals surface area (Å²) in [6.07, 6.45) is 1.73. The van der Waals surface area contributed by atoms with E-state index >= 15 is 0 Å². The fourth-order valence-corrected chi connectivity index (χ4v) is 3.42. The van der Waals surface area contributed by atoms with E-state index in [-0.39, 0.29) is 36.4 Å². The van der Waals surface area contributed by atoms with Gasteiger partial charge >= 0.3 is 17.9 Å². The van der Waals surface area contributed by atoms with Crippen LogP contribution >= 0.6 is 0 Å². The Labute approximate surface area is 175 Å². The fourth-order valence-electron chi connectivity index (χ4n) is 3.42. The Morgan fingerprint density at radius 1 is 1.33 bits per heavy atom. The first kappa shape index (κ1) is 23.6. The molecule has 1 aliphatic heterocycles. The summed E-state index contributed by atoms with van der Waals surface area (Å²) >= 11 is 0. The van der Waals surface area contributed by atoms with Crippen molar-refractivity contribution in [3.05, 3.63) is 46.8 Å². The standard InChI is InChI=1S/C22H28O8/c1-12(2)20(24)29-17-8-13(3)7-15(28-14(4)23)9-22(5,26)10-18-19(17)16(11-27-6)21(25)30-18/h7,10,15,17,26H,1,8-9,11H2,2-6H3/b13-7+,18-10+/t15-,17-,22+/m0/s1. The molecule has 2 rings (SSSR count). The molecule has 0 saturated carbocycles. The van der Waals surface area contributed by atoms with Crippen LogP contribution in [-0.4, -0.2) is 54.5 Å². The van der Waals surface area contributed by atoms with Gasteiger partial charge in [-0.25, -0.2) is 9.59 Å². The molecule has 1 aliphatic carbocycles. The first-order valence-electron chi connectivity index (χ1n) is 9.54. The predicted molar refractivity (Wildman–Crippen MR) is 107 cm³/mol. The third-order valence-corrected chi connectivity index (χ3v) is 4.60. The zero-order valence-corrected chi connectivity index (χ0v) is 17.9. The number of methoxy groups -OCH3 is 1. The Morgan fingerprint density at radius 3 is 2.57 bits per heavy atom. The first-order chi connectivity index (χ1) is 13.9. The van der Waals surface area contributed by atoms with Gasteiger partial charge in [0.1, 0.15) is 18.0 Å². The van der Waals surface area contributed by atoms with Gasteiger partial charge in [-0.2, -0.15) is 0 Å². The van der Waals surface area contributed by atoms with E-state index in [1.54, 1.807) is 13.0 Å². The molecule has 0 unspecified atom stereocenters. The second-order valence-corrected chi connectivity index (χ2v) is 7.82. The van der Waals surface area contributed by atoms with Crippen molar-refractivity contribution in [2.75, 3.05) is 13.7 Å². The van der Waals surface area contributed by atoms with Crippen LogP contribution in [0.15, 0.2) is 46.8 Å². The molecule has 0 amide bonds. The van der Waals surface area contributed by atoms with Gasteiger partial charge in [-0.3, -0.25) is 4.79 Å². The van der Waals surface area contributed by atoms with Crippen LogP contribution in [0, 0.1) is 0 Å². The molecule has 0 aromatic carbocycles. The van der Waals surface area contributed by atoms with Crippen molar-refractivity contribution >= 4 is 17.9 Å². The molecule has 0 saturated heterocycles. The summed E-state index contributed by atoms with van der Waals surface area (Å²) in [5.41, 5.74) is 0.00423. The van der Waals surface area contributed by atoms with E-state index in [1.807, 2.05) is 0 Å². The molecule has 2 aliphatic rings. The van der Waals surface area contributed by atoms with E-state index in [1.165, 1.54) is 34.0 Å². The topological polar surface area (TPSA) is 108 Å². The molecule has 1 heterocycles. The van der Waals surface area contributed by atoms with Gasteiger partial charge in [0.25, 0.3) is 0 Å². The molecule has 0 spiro atoms. The molecule has 8 heteroatoms. The van der Waals surface area contributed by atoms with Crippen LogP contribution < -0.4 is 0 Å². The molecule has 0 aromatic rings. The van der Waals surface area contributed by atoms with Crippen molar-refractivity contribution in [3.63, 3.8) is 0 Å².